The van der Waals surface area contributed by atoms with Gasteiger partial charge in [-0.2, -0.15) is 13.2 Å². The smallest absolute Gasteiger partial charge is 0.309 e. The zero-order chi connectivity index (χ0) is 14.8. The first-order valence-corrected chi connectivity index (χ1v) is 6.99. The second kappa shape index (κ2) is 5.78. The molecule has 0 saturated heterocycles. The molecular weight excluding hydrogens is 289 g/mol. The van der Waals surface area contributed by atoms with Gasteiger partial charge in [-0.25, -0.2) is 4.98 Å². The number of thiazole rings is 1. The van der Waals surface area contributed by atoms with E-state index in [1.807, 2.05) is 6.92 Å². The molecule has 0 fully saturated rings. The summed E-state index contributed by atoms with van der Waals surface area (Å²) in [4.78, 5) is 16.1. The van der Waals surface area contributed by atoms with Gasteiger partial charge in [0.15, 0.2) is 0 Å². The summed E-state index contributed by atoms with van der Waals surface area (Å²) >= 11 is 1.46. The Balaban J connectivity index is 2.27. The molecule has 0 radical (unpaired) electrons. The molecule has 0 aromatic carbocycles. The number of aryl methyl sites for hydroxylation is 1. The van der Waals surface area contributed by atoms with Gasteiger partial charge in [0.1, 0.15) is 5.56 Å². The molecule has 0 bridgehead atoms. The van der Waals surface area contributed by atoms with E-state index >= 15 is 0 Å². The summed E-state index contributed by atoms with van der Waals surface area (Å²) in [6, 6.07) is 2.02. The molecule has 0 aliphatic heterocycles. The molecule has 20 heavy (non-hydrogen) atoms. The van der Waals surface area contributed by atoms with Gasteiger partial charge in [0.05, 0.1) is 17.2 Å². The third kappa shape index (κ3) is 3.27. The fourth-order valence-corrected chi connectivity index (χ4v) is 2.69. The van der Waals surface area contributed by atoms with Crippen molar-refractivity contribution in [3.8, 4) is 0 Å². The van der Waals surface area contributed by atoms with Crippen molar-refractivity contribution in [2.45, 2.75) is 32.5 Å². The Bertz CT molecular complexity index is 646. The Morgan fingerprint density at radius 3 is 2.80 bits per heavy atom. The number of pyridine rings is 1. The number of nitrogens with zero attached hydrogens (tertiary/aromatic N) is 2. The van der Waals surface area contributed by atoms with Crippen molar-refractivity contribution < 1.29 is 13.2 Å². The van der Waals surface area contributed by atoms with Gasteiger partial charge in [0.25, 0.3) is 5.56 Å². The van der Waals surface area contributed by atoms with Crippen LogP contribution in [0.15, 0.2) is 28.5 Å². The lowest BCUT2D eigenvalue weighted by Crippen LogP contribution is -2.28. The quantitative estimate of drug-likeness (QED) is 0.868. The monoisotopic (exact) mass is 302 g/mol. The van der Waals surface area contributed by atoms with Gasteiger partial charge in [-0.05, 0) is 25.0 Å². The van der Waals surface area contributed by atoms with Gasteiger partial charge in [-0.1, -0.05) is 6.92 Å². The lowest BCUT2D eigenvalue weighted by molar-refractivity contribution is -0.138. The number of alkyl halides is 3. The van der Waals surface area contributed by atoms with Crippen LogP contribution < -0.4 is 5.56 Å². The maximum absolute atomic E-state index is 12.6. The van der Waals surface area contributed by atoms with Gasteiger partial charge in [0, 0.05) is 11.6 Å². The third-order valence-electron chi connectivity index (χ3n) is 2.72. The standard InChI is InChI=1S/C13H13F3N2OS/c1-2-4-11-17-9(8-20-11)7-18-6-3-5-10(12(18)19)13(14,15)16/h3,5-6,8H,2,4,7H2,1H3. The molecule has 2 rings (SSSR count). The Labute approximate surface area is 117 Å². The van der Waals surface area contributed by atoms with Crippen molar-refractivity contribution in [2.24, 2.45) is 0 Å². The van der Waals surface area contributed by atoms with E-state index in [4.69, 9.17) is 0 Å². The number of hydrogen-bond acceptors (Lipinski definition) is 3. The molecule has 2 heterocycles. The molecule has 2 aromatic rings. The molecule has 0 aliphatic carbocycles. The number of halogens is 3. The lowest BCUT2D eigenvalue weighted by Gasteiger charge is -2.09. The SMILES string of the molecule is CCCc1nc(Cn2cccc(C(F)(F)F)c2=O)cs1. The molecule has 0 atom stereocenters. The highest BCUT2D eigenvalue weighted by Gasteiger charge is 2.34. The van der Waals surface area contributed by atoms with Gasteiger partial charge in [-0.3, -0.25) is 4.79 Å². The van der Waals surface area contributed by atoms with Gasteiger partial charge in [-0.15, -0.1) is 11.3 Å². The Morgan fingerprint density at radius 2 is 2.15 bits per heavy atom. The zero-order valence-electron chi connectivity index (χ0n) is 10.8. The fraction of sp³-hybridized carbons (Fsp3) is 0.385. The minimum Gasteiger partial charge on any atom is -0.309 e. The van der Waals surface area contributed by atoms with E-state index in [-0.39, 0.29) is 6.54 Å². The van der Waals surface area contributed by atoms with Crippen LogP contribution in [0.1, 0.15) is 29.6 Å². The summed E-state index contributed by atoms with van der Waals surface area (Å²) in [5.41, 5.74) is -1.58. The maximum atomic E-state index is 12.6. The Morgan fingerprint density at radius 1 is 1.40 bits per heavy atom. The first-order valence-electron chi connectivity index (χ1n) is 6.11. The van der Waals surface area contributed by atoms with Gasteiger partial charge >= 0.3 is 6.18 Å². The molecule has 7 heteroatoms. The molecule has 0 saturated carbocycles. The fourth-order valence-electron chi connectivity index (χ4n) is 1.80. The van der Waals surface area contributed by atoms with E-state index in [1.165, 1.54) is 23.6 Å². The zero-order valence-corrected chi connectivity index (χ0v) is 11.6. The lowest BCUT2D eigenvalue weighted by atomic mass is 10.2. The molecule has 0 aliphatic rings. The van der Waals surface area contributed by atoms with Crippen LogP contribution in [0, 0.1) is 0 Å². The summed E-state index contributed by atoms with van der Waals surface area (Å²) in [6.07, 6.45) is -1.50. The molecule has 108 valence electrons. The highest BCUT2D eigenvalue weighted by atomic mass is 32.1. The number of hydrogen-bond donors (Lipinski definition) is 0. The Kier molecular flexibility index (Phi) is 4.27. The van der Waals surface area contributed by atoms with Crippen LogP contribution >= 0.6 is 11.3 Å². The van der Waals surface area contributed by atoms with Crippen molar-refractivity contribution in [3.63, 3.8) is 0 Å². The van der Waals surface area contributed by atoms with E-state index in [2.05, 4.69) is 4.98 Å². The minimum atomic E-state index is -4.63. The van der Waals surface area contributed by atoms with Crippen molar-refractivity contribution in [3.05, 3.63) is 50.3 Å². The topological polar surface area (TPSA) is 34.9 Å². The normalized spacial score (nSPS) is 11.8. The summed E-state index contributed by atoms with van der Waals surface area (Å²) < 4.78 is 39.0. The van der Waals surface area contributed by atoms with E-state index in [0.717, 1.165) is 28.5 Å². The predicted molar refractivity (Wildman–Crippen MR) is 70.9 cm³/mol. The Hall–Kier alpha value is -1.63. The molecular formula is C13H13F3N2OS. The van der Waals surface area contributed by atoms with Gasteiger partial charge < -0.3 is 4.57 Å². The van der Waals surface area contributed by atoms with Crippen LogP contribution in [0.5, 0.6) is 0 Å². The van der Waals surface area contributed by atoms with Crippen LogP contribution in [-0.2, 0) is 19.1 Å². The van der Waals surface area contributed by atoms with Crippen LogP contribution in [-0.4, -0.2) is 9.55 Å². The van der Waals surface area contributed by atoms with Gasteiger partial charge in [0.2, 0.25) is 0 Å². The van der Waals surface area contributed by atoms with E-state index in [9.17, 15) is 18.0 Å². The molecule has 3 nitrogen and oxygen atoms in total. The van der Waals surface area contributed by atoms with Crippen molar-refractivity contribution in [2.75, 3.05) is 0 Å². The predicted octanol–water partition coefficient (Wildman–Crippen LogP) is 3.32. The molecule has 2 aromatic heterocycles. The molecule has 0 amide bonds. The highest BCUT2D eigenvalue weighted by molar-refractivity contribution is 7.09. The average Bonchev–Trinajstić information content (AvgIpc) is 2.78. The van der Waals surface area contributed by atoms with E-state index < -0.39 is 17.3 Å². The van der Waals surface area contributed by atoms with Crippen LogP contribution in [0.3, 0.4) is 0 Å². The molecule has 0 spiro atoms. The van der Waals surface area contributed by atoms with Crippen molar-refractivity contribution >= 4 is 11.3 Å². The third-order valence-corrected chi connectivity index (χ3v) is 3.68. The second-order valence-corrected chi connectivity index (χ2v) is 5.28. The maximum Gasteiger partial charge on any atom is 0.421 e. The summed E-state index contributed by atoms with van der Waals surface area (Å²) in [7, 11) is 0. The number of rotatable bonds is 4. The van der Waals surface area contributed by atoms with E-state index in [1.54, 1.807) is 5.38 Å². The van der Waals surface area contributed by atoms with Crippen LogP contribution in [0.4, 0.5) is 13.2 Å². The van der Waals surface area contributed by atoms with Crippen LogP contribution in [0.2, 0.25) is 0 Å². The average molecular weight is 302 g/mol. The highest BCUT2D eigenvalue weighted by Crippen LogP contribution is 2.26. The number of aromatic nitrogens is 2. The van der Waals surface area contributed by atoms with Crippen molar-refractivity contribution in [1.29, 1.82) is 0 Å². The minimum absolute atomic E-state index is 0.0585. The summed E-state index contributed by atoms with van der Waals surface area (Å²) in [5.74, 6) is 0. The first-order chi connectivity index (χ1) is 9.41. The summed E-state index contributed by atoms with van der Waals surface area (Å²) in [6.45, 7) is 2.08. The second-order valence-electron chi connectivity index (χ2n) is 4.34. The molecule has 0 unspecified atom stereocenters. The molecule has 0 N–H and O–H groups in total. The first kappa shape index (κ1) is 14.8. The van der Waals surface area contributed by atoms with Crippen LogP contribution in [0.25, 0.3) is 0 Å². The van der Waals surface area contributed by atoms with Crippen molar-refractivity contribution in [1.82, 2.24) is 9.55 Å². The largest absolute Gasteiger partial charge is 0.421 e. The van der Waals surface area contributed by atoms with E-state index in [0.29, 0.717) is 5.69 Å². The summed E-state index contributed by atoms with van der Waals surface area (Å²) in [5, 5.41) is 2.71.